The lowest BCUT2D eigenvalue weighted by atomic mass is 9.91. The van der Waals surface area contributed by atoms with Crippen LogP contribution in [0.1, 0.15) is 152 Å². The van der Waals surface area contributed by atoms with Crippen molar-refractivity contribution in [1.29, 1.82) is 0 Å². The van der Waals surface area contributed by atoms with E-state index in [4.69, 9.17) is 20.2 Å². The molecule has 0 radical (unpaired) electrons. The Hall–Kier alpha value is -7.83. The van der Waals surface area contributed by atoms with Crippen LogP contribution >= 0.6 is 0 Å². The topological polar surface area (TPSA) is 381 Å². The molecule has 30 heteroatoms. The molecular formula is C72H123N15O15. The summed E-state index contributed by atoms with van der Waals surface area (Å²) in [6.45, 7) is 27.1. The summed E-state index contributed by atoms with van der Waals surface area (Å²) in [5.74, 6) is -10.7. The summed E-state index contributed by atoms with van der Waals surface area (Å²) in [6.07, 6.45) is -1.28. The molecule has 102 heavy (non-hydrogen) atoms. The van der Waals surface area contributed by atoms with Gasteiger partial charge in [0, 0.05) is 74.4 Å². The van der Waals surface area contributed by atoms with Gasteiger partial charge in [-0.3, -0.25) is 57.5 Å². The number of hydrogen-bond acceptors (Lipinski definition) is 17. The molecule has 0 unspecified atom stereocenters. The van der Waals surface area contributed by atoms with Crippen LogP contribution in [0.4, 0.5) is 0 Å². The van der Waals surface area contributed by atoms with Crippen molar-refractivity contribution in [2.24, 2.45) is 47.2 Å². The number of aliphatic hydroxyl groups is 1. The number of aromatic nitrogens is 2. The lowest BCUT2D eigenvalue weighted by Gasteiger charge is -2.41. The number of nitrogens with zero attached hydrogens (tertiary/aromatic N) is 8. The average Bonchev–Trinajstić information content (AvgIpc) is 0.817. The van der Waals surface area contributed by atoms with Crippen LogP contribution in [0.15, 0.2) is 18.2 Å². The summed E-state index contributed by atoms with van der Waals surface area (Å²) in [4.78, 5) is 191. The maximum absolute atomic E-state index is 15.5. The summed E-state index contributed by atoms with van der Waals surface area (Å²) >= 11 is 0. The number of carbonyl (C=O) groups is 12. The van der Waals surface area contributed by atoms with E-state index in [0.717, 1.165) is 9.80 Å². The van der Waals surface area contributed by atoms with Crippen molar-refractivity contribution in [2.45, 2.75) is 203 Å². The van der Waals surface area contributed by atoms with Gasteiger partial charge in [-0.2, -0.15) is 0 Å². The van der Waals surface area contributed by atoms with Gasteiger partial charge in [-0.25, -0.2) is 4.98 Å². The molecule has 1 aromatic carbocycles. The van der Waals surface area contributed by atoms with Crippen LogP contribution in [0.25, 0.3) is 11.0 Å². The normalized spacial score (nSPS) is 23.6. The minimum absolute atomic E-state index is 0.0156. The van der Waals surface area contributed by atoms with E-state index in [1.54, 1.807) is 59.7 Å². The van der Waals surface area contributed by atoms with Crippen LogP contribution in [0.5, 0.6) is 0 Å². The quantitative estimate of drug-likeness (QED) is 0.0694. The standard InChI is InChI=1S/C72H123N15O15/c1-23-49-68(96)81(16)39-58(89)82(17)52(32-40(2)3)66(94)80-59(44(10)11)71(99)84(19)53(33-41(4)5)65(93)76-47(15)63(91)75-38-57(88)83(18)54(34-42(6)7)69(97)85(20)55(35-43(8)9)70(98)86(21)60(45(12)13)72(100)87(22)61(67(95)79-49)62(90)46(14)36-56-77-50-25-24-48(37-51(50)78-56)64(92)74-27-29-102-31-30-101-28-26-73/h24-25,37,40-47,49,52-55,59-62,90H,23,26-36,38-39,73H2,1-22H3,(H,74,92)(H,75,91)(H,76,93)(H,77,78)(H,79,95)(H,80,94)/t46-,47+,49+,52+,53+,54+,55+,59+,60+,61+,62-/m1/s1. The first-order valence-corrected chi connectivity index (χ1v) is 36.0. The number of amides is 12. The Balaban J connectivity index is 2.27. The molecule has 1 aliphatic heterocycles. The van der Waals surface area contributed by atoms with Crippen molar-refractivity contribution in [3.8, 4) is 0 Å². The molecule has 0 spiro atoms. The van der Waals surface area contributed by atoms with Gasteiger partial charge in [0.15, 0.2) is 0 Å². The van der Waals surface area contributed by atoms with E-state index in [1.165, 1.54) is 80.8 Å². The van der Waals surface area contributed by atoms with Crippen LogP contribution in [-0.2, 0) is 68.6 Å². The number of benzene rings is 1. The minimum atomic E-state index is -1.78. The van der Waals surface area contributed by atoms with E-state index in [9.17, 15) is 43.5 Å². The predicted octanol–water partition coefficient (Wildman–Crippen LogP) is 1.75. The van der Waals surface area contributed by atoms with E-state index in [-0.39, 0.29) is 81.3 Å². The monoisotopic (exact) mass is 1440 g/mol. The molecule has 2 aromatic rings. The fourth-order valence-electron chi connectivity index (χ4n) is 12.4. The van der Waals surface area contributed by atoms with Crippen molar-refractivity contribution in [3.63, 3.8) is 0 Å². The largest absolute Gasteiger partial charge is 0.390 e. The first-order valence-electron chi connectivity index (χ1n) is 36.0. The number of likely N-dealkylation sites (N-methyl/N-ethyl adjacent to an activating group) is 7. The summed E-state index contributed by atoms with van der Waals surface area (Å²) in [5, 5.41) is 26.4. The Morgan fingerprint density at radius 1 is 0.578 bits per heavy atom. The highest BCUT2D eigenvalue weighted by Gasteiger charge is 2.46. The first kappa shape index (κ1) is 88.4. The molecule has 30 nitrogen and oxygen atoms in total. The molecule has 9 N–H and O–H groups in total. The van der Waals surface area contributed by atoms with Gasteiger partial charge < -0.3 is 86.2 Å². The highest BCUT2D eigenvalue weighted by Crippen LogP contribution is 2.27. The van der Waals surface area contributed by atoms with Crippen molar-refractivity contribution in [2.75, 3.05) is 102 Å². The Morgan fingerprint density at radius 2 is 1.08 bits per heavy atom. The SMILES string of the molecule is CC[C@@H]1NC(=O)[C@H]([C@H](O)[C@H](C)Cc2nc3cc(C(=O)NCCOCCOCCN)ccc3[nH]2)N(C)C(=O)[C@H](C(C)C)N(C)C(=O)[C@H](CC(C)C)N(C)C(=O)[C@H](CC(C)C)N(C)C(=O)CNC(=O)[C@H](C)NC(=O)[C@H](CC(C)C)N(C)C(=O)[C@H](C(C)C)NC(=O)[C@H](CC(C)C)N(C)C(=O)CN(C)C1=O. The molecule has 1 fully saturated rings. The number of hydrogen-bond donors (Lipinski definition) is 8. The van der Waals surface area contributed by atoms with Gasteiger partial charge in [-0.1, -0.05) is 96.9 Å². The second-order valence-electron chi connectivity index (χ2n) is 29.7. The molecular weight excluding hydrogens is 1310 g/mol. The van der Waals surface area contributed by atoms with Crippen molar-refractivity contribution >= 4 is 81.9 Å². The smallest absolute Gasteiger partial charge is 0.251 e. The third kappa shape index (κ3) is 25.3. The molecule has 3 rings (SSSR count). The molecule has 0 aliphatic carbocycles. The molecule has 576 valence electrons. The van der Waals surface area contributed by atoms with E-state index in [1.807, 2.05) is 55.4 Å². The third-order valence-electron chi connectivity index (χ3n) is 18.5. The van der Waals surface area contributed by atoms with Crippen LogP contribution < -0.4 is 32.3 Å². The van der Waals surface area contributed by atoms with E-state index in [2.05, 4.69) is 31.6 Å². The fourth-order valence-corrected chi connectivity index (χ4v) is 12.4. The molecule has 1 aromatic heterocycles. The molecule has 2 heterocycles. The number of carbonyl (C=O) groups excluding carboxylic acids is 12. The van der Waals surface area contributed by atoms with Crippen molar-refractivity contribution in [3.05, 3.63) is 29.6 Å². The summed E-state index contributed by atoms with van der Waals surface area (Å²) in [5.41, 5.74) is 6.75. The van der Waals surface area contributed by atoms with Gasteiger partial charge in [0.25, 0.3) is 5.91 Å². The third-order valence-corrected chi connectivity index (χ3v) is 18.5. The van der Waals surface area contributed by atoms with Crippen LogP contribution in [0.3, 0.4) is 0 Å². The Kier molecular flexibility index (Phi) is 35.9. The van der Waals surface area contributed by atoms with Gasteiger partial charge in [-0.15, -0.1) is 0 Å². The Labute approximate surface area is 604 Å². The Morgan fingerprint density at radius 3 is 1.62 bits per heavy atom. The number of aromatic amines is 1. The molecule has 11 atom stereocenters. The minimum Gasteiger partial charge on any atom is -0.390 e. The zero-order chi connectivity index (χ0) is 77.5. The number of aliphatic hydroxyl groups excluding tert-OH is 1. The van der Waals surface area contributed by atoms with Crippen LogP contribution in [0.2, 0.25) is 0 Å². The lowest BCUT2D eigenvalue weighted by Crippen LogP contribution is -2.63. The molecule has 1 saturated heterocycles. The Bertz CT molecular complexity index is 3160. The van der Waals surface area contributed by atoms with E-state index < -0.39 is 156 Å². The van der Waals surface area contributed by atoms with Crippen LogP contribution in [0, 0.1) is 41.4 Å². The zero-order valence-corrected chi connectivity index (χ0v) is 64.8. The fraction of sp³-hybridized carbons (Fsp3) is 0.736. The number of imidazole rings is 1. The van der Waals surface area contributed by atoms with Gasteiger partial charge in [-0.05, 0) is 98.7 Å². The number of rotatable bonds is 24. The highest BCUT2D eigenvalue weighted by atomic mass is 16.5. The summed E-state index contributed by atoms with van der Waals surface area (Å²) in [7, 11) is 9.75. The van der Waals surface area contributed by atoms with Crippen molar-refractivity contribution in [1.82, 2.24) is 70.9 Å². The number of nitrogens with two attached hydrogens (primary N) is 1. The van der Waals surface area contributed by atoms with E-state index >= 15 is 19.2 Å². The summed E-state index contributed by atoms with van der Waals surface area (Å²) in [6, 6.07) is -6.76. The maximum Gasteiger partial charge on any atom is 0.251 e. The first-order chi connectivity index (χ1) is 47.6. The average molecular weight is 1440 g/mol. The van der Waals surface area contributed by atoms with E-state index in [0.29, 0.717) is 48.8 Å². The number of nitrogens with one attached hydrogen (secondary N) is 6. The molecule has 12 amide bonds. The number of fused-ring (bicyclic) bond motifs is 1. The highest BCUT2D eigenvalue weighted by molar-refractivity contribution is 6.00. The second kappa shape index (κ2) is 41.5. The van der Waals surface area contributed by atoms with Crippen molar-refractivity contribution < 1.29 is 72.1 Å². The van der Waals surface area contributed by atoms with Gasteiger partial charge in [0.2, 0.25) is 65.0 Å². The lowest BCUT2D eigenvalue weighted by molar-refractivity contribution is -0.157. The van der Waals surface area contributed by atoms with Gasteiger partial charge in [0.1, 0.15) is 60.2 Å². The second-order valence-corrected chi connectivity index (χ2v) is 29.7. The van der Waals surface area contributed by atoms with Gasteiger partial charge in [0.05, 0.1) is 56.7 Å². The number of ether oxygens (including phenoxy) is 2. The molecule has 0 saturated carbocycles. The zero-order valence-electron chi connectivity index (χ0n) is 64.8. The predicted molar refractivity (Wildman–Crippen MR) is 387 cm³/mol. The molecule has 0 bridgehead atoms. The summed E-state index contributed by atoms with van der Waals surface area (Å²) < 4.78 is 10.8. The maximum atomic E-state index is 15.5. The van der Waals surface area contributed by atoms with Crippen LogP contribution in [-0.4, -0.2) is 283 Å². The molecule has 1 aliphatic rings. The van der Waals surface area contributed by atoms with Gasteiger partial charge >= 0.3 is 0 Å². The number of H-pyrrole nitrogens is 1.